The van der Waals surface area contributed by atoms with Gasteiger partial charge in [0.05, 0.1) is 0 Å². The topological polar surface area (TPSA) is 9.23 Å². The number of fused-ring (bicyclic) bond motifs is 3. The highest BCUT2D eigenvalue weighted by molar-refractivity contribution is 5.81. The van der Waals surface area contributed by atoms with E-state index in [9.17, 15) is 0 Å². The lowest BCUT2D eigenvalue weighted by molar-refractivity contribution is 0.0428. The van der Waals surface area contributed by atoms with Crippen molar-refractivity contribution in [1.29, 1.82) is 0 Å². The summed E-state index contributed by atoms with van der Waals surface area (Å²) in [5.74, 6) is 0. The average Bonchev–Trinajstić information content (AvgIpc) is 2.75. The number of hydrogen-bond donors (Lipinski definition) is 0. The summed E-state index contributed by atoms with van der Waals surface area (Å²) in [6, 6.07) is 13.8. The Kier molecular flexibility index (Phi) is 3.73. The normalized spacial score (nSPS) is 16.0. The van der Waals surface area contributed by atoms with Gasteiger partial charge in [0.25, 0.3) is 0 Å². The van der Waals surface area contributed by atoms with E-state index in [-0.39, 0.29) is 16.4 Å². The predicted octanol–water partition coefficient (Wildman–Crippen LogP) is 6.17. The summed E-state index contributed by atoms with van der Waals surface area (Å²) in [5.41, 5.74) is 7.79. The average molecular weight is 322 g/mol. The monoisotopic (exact) mass is 322 g/mol. The second kappa shape index (κ2) is 5.20. The highest BCUT2D eigenvalue weighted by Gasteiger charge is 2.40. The molecule has 0 radical (unpaired) electrons. The van der Waals surface area contributed by atoms with Crippen molar-refractivity contribution in [3.8, 4) is 11.1 Å². The van der Waals surface area contributed by atoms with Crippen molar-refractivity contribution in [1.82, 2.24) is 0 Å². The number of benzene rings is 2. The molecule has 0 fully saturated rings. The van der Waals surface area contributed by atoms with Crippen LogP contribution in [0.2, 0.25) is 0 Å². The summed E-state index contributed by atoms with van der Waals surface area (Å²) < 4.78 is 6.09. The van der Waals surface area contributed by atoms with Gasteiger partial charge in [-0.05, 0) is 51.1 Å². The highest BCUT2D eigenvalue weighted by Crippen LogP contribution is 2.51. The van der Waals surface area contributed by atoms with Gasteiger partial charge in [-0.2, -0.15) is 0 Å². The molecule has 1 aliphatic rings. The van der Waals surface area contributed by atoms with E-state index in [0.29, 0.717) is 0 Å². The molecule has 1 nitrogen and oxygen atoms in total. The molecule has 24 heavy (non-hydrogen) atoms. The maximum absolute atomic E-state index is 6.09. The van der Waals surface area contributed by atoms with E-state index in [2.05, 4.69) is 84.9 Å². The summed E-state index contributed by atoms with van der Waals surface area (Å²) in [6.07, 6.45) is 0. The van der Waals surface area contributed by atoms with Gasteiger partial charge in [0.1, 0.15) is 5.60 Å². The maximum atomic E-state index is 6.09. The Balaban J connectivity index is 2.25. The summed E-state index contributed by atoms with van der Waals surface area (Å²) in [5, 5.41) is 0. The van der Waals surface area contributed by atoms with E-state index in [4.69, 9.17) is 4.74 Å². The van der Waals surface area contributed by atoms with Crippen molar-refractivity contribution >= 4 is 0 Å². The molecule has 0 aromatic heterocycles. The Morgan fingerprint density at radius 3 is 1.38 bits per heavy atom. The van der Waals surface area contributed by atoms with E-state index < -0.39 is 0 Å². The molecule has 0 unspecified atom stereocenters. The molecule has 2 aromatic rings. The molecule has 128 valence electrons. The zero-order valence-corrected chi connectivity index (χ0v) is 16.4. The minimum Gasteiger partial charge on any atom is -0.369 e. The highest BCUT2D eigenvalue weighted by atomic mass is 16.5. The lowest BCUT2D eigenvalue weighted by Crippen LogP contribution is -2.24. The number of hydrogen-bond acceptors (Lipinski definition) is 1. The first-order valence-corrected chi connectivity index (χ1v) is 8.84. The fourth-order valence-corrected chi connectivity index (χ4v) is 3.65. The van der Waals surface area contributed by atoms with Crippen LogP contribution in [0, 0.1) is 0 Å². The molecular weight excluding hydrogens is 292 g/mol. The Hall–Kier alpha value is -1.60. The number of rotatable bonds is 1. The number of methoxy groups -OCH3 is 1. The summed E-state index contributed by atoms with van der Waals surface area (Å²) >= 11 is 0. The van der Waals surface area contributed by atoms with E-state index in [0.717, 1.165) is 0 Å². The fraction of sp³-hybridized carbons (Fsp3) is 0.478. The van der Waals surface area contributed by atoms with Crippen LogP contribution in [-0.4, -0.2) is 7.11 Å². The van der Waals surface area contributed by atoms with Crippen molar-refractivity contribution in [2.75, 3.05) is 7.11 Å². The quantitative estimate of drug-likeness (QED) is 0.610. The molecule has 0 saturated heterocycles. The molecule has 0 spiro atoms. The lowest BCUT2D eigenvalue weighted by Gasteiger charge is -2.29. The Bertz CT molecular complexity index is 721. The SMILES string of the molecule is COC1(C)c2cc(C(C)(C)C)ccc2-c2ccc(C(C)(C)C)cc21. The third-order valence-corrected chi connectivity index (χ3v) is 5.50. The van der Waals surface area contributed by atoms with E-state index in [1.165, 1.54) is 33.4 Å². The third-order valence-electron chi connectivity index (χ3n) is 5.50. The molecule has 0 bridgehead atoms. The minimum atomic E-state index is -0.382. The summed E-state index contributed by atoms with van der Waals surface area (Å²) in [6.45, 7) is 15.8. The Labute approximate surface area is 147 Å². The van der Waals surface area contributed by atoms with Gasteiger partial charge in [-0.1, -0.05) is 77.9 Å². The molecule has 3 rings (SSSR count). The van der Waals surface area contributed by atoms with Crippen LogP contribution in [0.1, 0.15) is 70.7 Å². The smallest absolute Gasteiger partial charge is 0.116 e. The first-order valence-electron chi connectivity index (χ1n) is 8.84. The molecule has 1 heteroatoms. The molecule has 1 aliphatic carbocycles. The predicted molar refractivity (Wildman–Crippen MR) is 103 cm³/mol. The van der Waals surface area contributed by atoms with E-state index >= 15 is 0 Å². The van der Waals surface area contributed by atoms with Gasteiger partial charge in [0.15, 0.2) is 0 Å². The van der Waals surface area contributed by atoms with Crippen LogP contribution in [-0.2, 0) is 21.2 Å². The molecule has 0 amide bonds. The van der Waals surface area contributed by atoms with Crippen LogP contribution >= 0.6 is 0 Å². The van der Waals surface area contributed by atoms with Gasteiger partial charge in [-0.25, -0.2) is 0 Å². The van der Waals surface area contributed by atoms with Crippen LogP contribution in [0.4, 0.5) is 0 Å². The van der Waals surface area contributed by atoms with Gasteiger partial charge >= 0.3 is 0 Å². The van der Waals surface area contributed by atoms with Gasteiger partial charge in [0.2, 0.25) is 0 Å². The first kappa shape index (κ1) is 17.2. The van der Waals surface area contributed by atoms with Crippen LogP contribution < -0.4 is 0 Å². The minimum absolute atomic E-state index is 0.134. The molecule has 0 N–H and O–H groups in total. The van der Waals surface area contributed by atoms with Crippen LogP contribution in [0.3, 0.4) is 0 Å². The summed E-state index contributed by atoms with van der Waals surface area (Å²) in [7, 11) is 1.83. The second-order valence-electron chi connectivity index (χ2n) is 9.26. The first-order chi connectivity index (χ1) is 11.0. The second-order valence-corrected chi connectivity index (χ2v) is 9.26. The van der Waals surface area contributed by atoms with Gasteiger partial charge in [-0.3, -0.25) is 0 Å². The molecular formula is C23H30O. The van der Waals surface area contributed by atoms with Crippen LogP contribution in [0.15, 0.2) is 36.4 Å². The van der Waals surface area contributed by atoms with Gasteiger partial charge < -0.3 is 4.74 Å². The van der Waals surface area contributed by atoms with E-state index in [1.54, 1.807) is 0 Å². The van der Waals surface area contributed by atoms with Crippen LogP contribution in [0.25, 0.3) is 11.1 Å². The Morgan fingerprint density at radius 2 is 1.08 bits per heavy atom. The van der Waals surface area contributed by atoms with E-state index in [1.807, 2.05) is 7.11 Å². The molecule has 0 atom stereocenters. The van der Waals surface area contributed by atoms with Crippen molar-refractivity contribution < 1.29 is 4.74 Å². The fourth-order valence-electron chi connectivity index (χ4n) is 3.65. The number of ether oxygens (including phenoxy) is 1. The van der Waals surface area contributed by atoms with Crippen molar-refractivity contribution in [2.45, 2.75) is 64.9 Å². The standard InChI is InChI=1S/C23H30O/c1-21(2,3)15-9-11-17-18-12-10-16(22(4,5)6)14-20(18)23(7,24-8)19(17)13-15/h9-14H,1-8H3. The zero-order valence-electron chi connectivity index (χ0n) is 16.4. The maximum Gasteiger partial charge on any atom is 0.116 e. The van der Waals surface area contributed by atoms with Crippen LogP contribution in [0.5, 0.6) is 0 Å². The zero-order chi connectivity index (χ0) is 17.9. The molecule has 0 aliphatic heterocycles. The molecule has 2 aromatic carbocycles. The van der Waals surface area contributed by atoms with Crippen molar-refractivity contribution in [3.05, 3.63) is 58.7 Å². The van der Waals surface area contributed by atoms with Crippen molar-refractivity contribution in [2.24, 2.45) is 0 Å². The third kappa shape index (κ3) is 2.50. The largest absolute Gasteiger partial charge is 0.369 e. The van der Waals surface area contributed by atoms with Gasteiger partial charge in [-0.15, -0.1) is 0 Å². The molecule has 0 heterocycles. The lowest BCUT2D eigenvalue weighted by atomic mass is 9.82. The van der Waals surface area contributed by atoms with Crippen molar-refractivity contribution in [3.63, 3.8) is 0 Å². The Morgan fingerprint density at radius 1 is 0.708 bits per heavy atom. The molecule has 0 saturated carbocycles. The summed E-state index contributed by atoms with van der Waals surface area (Å²) in [4.78, 5) is 0. The van der Waals surface area contributed by atoms with Gasteiger partial charge in [0, 0.05) is 7.11 Å².